The first-order valence-electron chi connectivity index (χ1n) is 4.90. The molecular weight excluding hydrogens is 288 g/mol. The van der Waals surface area contributed by atoms with Gasteiger partial charge in [0.2, 0.25) is 0 Å². The van der Waals surface area contributed by atoms with Crippen molar-refractivity contribution in [2.24, 2.45) is 0 Å². The molecule has 1 heterocycles. The van der Waals surface area contributed by atoms with Crippen LogP contribution in [0.1, 0.15) is 12.5 Å². The Morgan fingerprint density at radius 3 is 2.76 bits per heavy atom. The van der Waals surface area contributed by atoms with E-state index in [0.717, 1.165) is 10.9 Å². The van der Waals surface area contributed by atoms with Crippen molar-refractivity contribution in [2.75, 3.05) is 0 Å². The molecule has 0 aliphatic carbocycles. The maximum Gasteiger partial charge on any atom is 0.350 e. The summed E-state index contributed by atoms with van der Waals surface area (Å²) in [5.41, 5.74) is 0.745. The van der Waals surface area contributed by atoms with E-state index in [4.69, 9.17) is 9.15 Å². The normalized spacial score (nSPS) is 10.5. The van der Waals surface area contributed by atoms with Crippen molar-refractivity contribution in [3.63, 3.8) is 0 Å². The lowest BCUT2D eigenvalue weighted by atomic mass is 10.1. The molecule has 0 unspecified atom stereocenters. The minimum absolute atomic E-state index is 0.356. The summed E-state index contributed by atoms with van der Waals surface area (Å²) in [5, 5.41) is 0.798. The molecule has 0 atom stereocenters. The highest BCUT2D eigenvalue weighted by Gasteiger charge is 2.10. The van der Waals surface area contributed by atoms with Gasteiger partial charge in [-0.1, -0.05) is 0 Å². The number of aryl methyl sites for hydroxylation is 1. The Bertz CT molecular complexity index is 657. The molecule has 0 bridgehead atoms. The Hall–Kier alpha value is -1.62. The smallest absolute Gasteiger partial charge is 0.350 e. The number of carbonyl (C=O) groups is 1. The number of hydrogen-bond acceptors (Lipinski definition) is 4. The van der Waals surface area contributed by atoms with E-state index < -0.39 is 11.6 Å². The number of halogens is 1. The third kappa shape index (κ3) is 2.24. The summed E-state index contributed by atoms with van der Waals surface area (Å²) in [6, 6.07) is 4.93. The molecule has 1 aromatic carbocycles. The number of carbonyl (C=O) groups excluding carboxylic acids is 1. The zero-order chi connectivity index (χ0) is 12.6. The topological polar surface area (TPSA) is 56.5 Å². The standard InChI is InChI=1S/C12H9BrO4/c1-6-9-4-3-8(16-7(2)14)5-10(9)17-12(15)11(6)13/h3-5H,1-2H3. The predicted octanol–water partition coefficient (Wildman–Crippen LogP) is 2.79. The molecule has 0 aliphatic rings. The fourth-order valence-corrected chi connectivity index (χ4v) is 1.84. The number of esters is 1. The van der Waals surface area contributed by atoms with Gasteiger partial charge in [-0.05, 0) is 40.5 Å². The average molecular weight is 297 g/mol. The van der Waals surface area contributed by atoms with Gasteiger partial charge in [0.1, 0.15) is 15.8 Å². The minimum atomic E-state index is -0.449. The Morgan fingerprint density at radius 1 is 1.41 bits per heavy atom. The molecule has 0 saturated carbocycles. The first kappa shape index (κ1) is 11.9. The first-order valence-corrected chi connectivity index (χ1v) is 5.69. The predicted molar refractivity (Wildman–Crippen MR) is 66.2 cm³/mol. The molecule has 88 valence electrons. The second-order valence-electron chi connectivity index (χ2n) is 3.58. The van der Waals surface area contributed by atoms with E-state index in [0.29, 0.717) is 15.8 Å². The van der Waals surface area contributed by atoms with Crippen LogP contribution < -0.4 is 10.4 Å². The van der Waals surface area contributed by atoms with E-state index in [1.54, 1.807) is 12.1 Å². The van der Waals surface area contributed by atoms with E-state index in [9.17, 15) is 9.59 Å². The van der Waals surface area contributed by atoms with Gasteiger partial charge in [0.05, 0.1) is 0 Å². The van der Waals surface area contributed by atoms with Crippen molar-refractivity contribution in [1.82, 2.24) is 0 Å². The molecule has 0 N–H and O–H groups in total. The summed E-state index contributed by atoms with van der Waals surface area (Å²) in [6.07, 6.45) is 0. The zero-order valence-corrected chi connectivity index (χ0v) is 10.8. The highest BCUT2D eigenvalue weighted by molar-refractivity contribution is 9.10. The van der Waals surface area contributed by atoms with Crippen LogP contribution in [-0.4, -0.2) is 5.97 Å². The second kappa shape index (κ2) is 4.33. The summed E-state index contributed by atoms with van der Waals surface area (Å²) in [5.74, 6) is -0.0598. The third-order valence-corrected chi connectivity index (χ3v) is 3.25. The fraction of sp³-hybridized carbons (Fsp3) is 0.167. The highest BCUT2D eigenvalue weighted by Crippen LogP contribution is 2.26. The molecule has 0 fully saturated rings. The van der Waals surface area contributed by atoms with E-state index in [1.165, 1.54) is 13.0 Å². The molecule has 0 radical (unpaired) electrons. The highest BCUT2D eigenvalue weighted by atomic mass is 79.9. The average Bonchev–Trinajstić information content (AvgIpc) is 2.25. The Morgan fingerprint density at radius 2 is 2.12 bits per heavy atom. The second-order valence-corrected chi connectivity index (χ2v) is 4.37. The number of fused-ring (bicyclic) bond motifs is 1. The fourth-order valence-electron chi connectivity index (χ4n) is 1.54. The van der Waals surface area contributed by atoms with Gasteiger partial charge in [-0.3, -0.25) is 4.79 Å². The van der Waals surface area contributed by atoms with Crippen LogP contribution in [0.4, 0.5) is 0 Å². The Labute approximate surface area is 105 Å². The molecule has 1 aromatic heterocycles. The van der Waals surface area contributed by atoms with Crippen LogP contribution in [0.3, 0.4) is 0 Å². The first-order chi connectivity index (χ1) is 7.99. The van der Waals surface area contributed by atoms with Crippen LogP contribution >= 0.6 is 15.9 Å². The summed E-state index contributed by atoms with van der Waals surface area (Å²) in [6.45, 7) is 3.13. The molecule has 5 heteroatoms. The van der Waals surface area contributed by atoms with Crippen LogP contribution in [0, 0.1) is 6.92 Å². The van der Waals surface area contributed by atoms with Gasteiger partial charge in [0, 0.05) is 18.4 Å². The van der Waals surface area contributed by atoms with Crippen molar-refractivity contribution < 1.29 is 13.9 Å². The molecule has 2 aromatic rings. The van der Waals surface area contributed by atoms with Gasteiger partial charge in [-0.2, -0.15) is 0 Å². The molecule has 2 rings (SSSR count). The van der Waals surface area contributed by atoms with Crippen LogP contribution in [0.25, 0.3) is 11.0 Å². The maximum atomic E-state index is 11.5. The molecule has 0 aliphatic heterocycles. The quantitative estimate of drug-likeness (QED) is 0.461. The van der Waals surface area contributed by atoms with E-state index in [-0.39, 0.29) is 0 Å². The molecule has 0 spiro atoms. The number of benzene rings is 1. The largest absolute Gasteiger partial charge is 0.427 e. The van der Waals surface area contributed by atoms with Crippen molar-refractivity contribution in [2.45, 2.75) is 13.8 Å². The summed E-state index contributed by atoms with van der Waals surface area (Å²) in [7, 11) is 0. The monoisotopic (exact) mass is 296 g/mol. The SMILES string of the molecule is CC(=O)Oc1ccc2c(C)c(Br)c(=O)oc2c1. The van der Waals surface area contributed by atoms with Gasteiger partial charge < -0.3 is 9.15 Å². The van der Waals surface area contributed by atoms with Crippen LogP contribution in [-0.2, 0) is 4.79 Å². The van der Waals surface area contributed by atoms with Gasteiger partial charge in [0.15, 0.2) is 0 Å². The summed E-state index contributed by atoms with van der Waals surface area (Å²) in [4.78, 5) is 22.3. The molecule has 0 saturated heterocycles. The third-order valence-electron chi connectivity index (χ3n) is 2.33. The molecule has 0 amide bonds. The lowest BCUT2D eigenvalue weighted by Gasteiger charge is -2.05. The molecular formula is C12H9BrO4. The summed E-state index contributed by atoms with van der Waals surface area (Å²) >= 11 is 3.17. The van der Waals surface area contributed by atoms with Gasteiger partial charge in [-0.15, -0.1) is 0 Å². The van der Waals surface area contributed by atoms with Crippen LogP contribution in [0.5, 0.6) is 5.75 Å². The van der Waals surface area contributed by atoms with Crippen molar-refractivity contribution in [3.05, 3.63) is 38.7 Å². The molecule has 4 nitrogen and oxygen atoms in total. The minimum Gasteiger partial charge on any atom is -0.427 e. The summed E-state index contributed by atoms with van der Waals surface area (Å²) < 4.78 is 10.4. The van der Waals surface area contributed by atoms with E-state index >= 15 is 0 Å². The maximum absolute atomic E-state index is 11.5. The van der Waals surface area contributed by atoms with E-state index in [2.05, 4.69) is 15.9 Å². The van der Waals surface area contributed by atoms with Crippen molar-refractivity contribution in [1.29, 1.82) is 0 Å². The van der Waals surface area contributed by atoms with Crippen LogP contribution in [0.2, 0.25) is 0 Å². The molecule has 17 heavy (non-hydrogen) atoms. The number of rotatable bonds is 1. The van der Waals surface area contributed by atoms with Gasteiger partial charge >= 0.3 is 11.6 Å². The lowest BCUT2D eigenvalue weighted by molar-refractivity contribution is -0.131. The Balaban J connectivity index is 2.67. The number of ether oxygens (including phenoxy) is 1. The lowest BCUT2D eigenvalue weighted by Crippen LogP contribution is -2.04. The Kier molecular flexibility index (Phi) is 3.02. The van der Waals surface area contributed by atoms with E-state index in [1.807, 2.05) is 6.92 Å². The number of hydrogen-bond donors (Lipinski definition) is 0. The van der Waals surface area contributed by atoms with Crippen LogP contribution in [0.15, 0.2) is 31.9 Å². The van der Waals surface area contributed by atoms with Crippen molar-refractivity contribution >= 4 is 32.9 Å². The van der Waals surface area contributed by atoms with Gasteiger partial charge in [-0.25, -0.2) is 4.79 Å². The van der Waals surface area contributed by atoms with Crippen molar-refractivity contribution in [3.8, 4) is 5.75 Å². The zero-order valence-electron chi connectivity index (χ0n) is 9.24. The van der Waals surface area contributed by atoms with Gasteiger partial charge in [0.25, 0.3) is 0 Å².